The number of nitrogens with one attached hydrogen (secondary N) is 1. The Balaban J connectivity index is 1.77. The van der Waals surface area contributed by atoms with Crippen molar-refractivity contribution in [2.24, 2.45) is 0 Å². The van der Waals surface area contributed by atoms with E-state index < -0.39 is 0 Å². The van der Waals surface area contributed by atoms with Crippen molar-refractivity contribution >= 4 is 28.5 Å². The summed E-state index contributed by atoms with van der Waals surface area (Å²) in [6.45, 7) is 4.42. The third-order valence-electron chi connectivity index (χ3n) is 3.02. The van der Waals surface area contributed by atoms with Crippen molar-refractivity contribution in [1.82, 2.24) is 9.88 Å². The highest BCUT2D eigenvalue weighted by Gasteiger charge is 2.28. The van der Waals surface area contributed by atoms with Gasteiger partial charge in [-0.15, -0.1) is 11.3 Å². The number of hydrogen-bond donors (Lipinski definition) is 1. The standard InChI is InChI=1S/C12H17N3O3S/c1-7-8(2)19-11(13-7)14-10(16)5-4-9-6-15(3)12(17)18-9/h9H,4-6H2,1-3H3,(H,13,14,16). The van der Waals surface area contributed by atoms with E-state index in [-0.39, 0.29) is 18.1 Å². The Bertz CT molecular complexity index is 481. The first-order chi connectivity index (χ1) is 8.95. The Morgan fingerprint density at radius 1 is 1.58 bits per heavy atom. The fourth-order valence-corrected chi connectivity index (χ4v) is 2.63. The Kier molecular flexibility index (Phi) is 4.04. The van der Waals surface area contributed by atoms with E-state index in [0.717, 1.165) is 10.6 Å². The van der Waals surface area contributed by atoms with Crippen LogP contribution in [-0.4, -0.2) is 41.6 Å². The van der Waals surface area contributed by atoms with Gasteiger partial charge in [0.15, 0.2) is 5.13 Å². The lowest BCUT2D eigenvalue weighted by molar-refractivity contribution is -0.116. The van der Waals surface area contributed by atoms with Crippen molar-refractivity contribution in [2.75, 3.05) is 18.9 Å². The van der Waals surface area contributed by atoms with Gasteiger partial charge < -0.3 is 15.0 Å². The van der Waals surface area contributed by atoms with Gasteiger partial charge >= 0.3 is 6.09 Å². The van der Waals surface area contributed by atoms with E-state index >= 15 is 0 Å². The molecule has 0 bridgehead atoms. The second-order valence-electron chi connectivity index (χ2n) is 4.63. The van der Waals surface area contributed by atoms with Crippen LogP contribution in [0.3, 0.4) is 0 Å². The molecule has 0 aliphatic carbocycles. The van der Waals surface area contributed by atoms with Crippen molar-refractivity contribution in [3.05, 3.63) is 10.6 Å². The molecule has 1 aromatic heterocycles. The predicted octanol–water partition coefficient (Wildman–Crippen LogP) is 1.93. The molecule has 2 amide bonds. The van der Waals surface area contributed by atoms with E-state index in [1.165, 1.54) is 16.2 Å². The normalized spacial score (nSPS) is 18.6. The first kappa shape index (κ1) is 13.8. The third-order valence-corrected chi connectivity index (χ3v) is 4.01. The number of aromatic nitrogens is 1. The molecule has 0 spiro atoms. The van der Waals surface area contributed by atoms with Crippen LogP contribution in [0.25, 0.3) is 0 Å². The van der Waals surface area contributed by atoms with Crippen LogP contribution in [0.1, 0.15) is 23.4 Å². The topological polar surface area (TPSA) is 71.5 Å². The van der Waals surface area contributed by atoms with Crippen LogP contribution in [-0.2, 0) is 9.53 Å². The Morgan fingerprint density at radius 3 is 2.84 bits per heavy atom. The second kappa shape index (κ2) is 5.56. The van der Waals surface area contributed by atoms with Crippen molar-refractivity contribution in [3.8, 4) is 0 Å². The molecule has 1 unspecified atom stereocenters. The molecule has 1 aliphatic rings. The summed E-state index contributed by atoms with van der Waals surface area (Å²) < 4.78 is 5.09. The summed E-state index contributed by atoms with van der Waals surface area (Å²) in [5, 5.41) is 3.39. The van der Waals surface area contributed by atoms with E-state index in [2.05, 4.69) is 10.3 Å². The Labute approximate surface area is 115 Å². The monoisotopic (exact) mass is 283 g/mol. The van der Waals surface area contributed by atoms with Crippen LogP contribution in [0.2, 0.25) is 0 Å². The van der Waals surface area contributed by atoms with Crippen LogP contribution < -0.4 is 5.32 Å². The molecule has 1 saturated heterocycles. The van der Waals surface area contributed by atoms with Gasteiger partial charge in [-0.05, 0) is 20.3 Å². The lowest BCUT2D eigenvalue weighted by atomic mass is 10.2. The van der Waals surface area contributed by atoms with Crippen LogP contribution in [0, 0.1) is 13.8 Å². The molecule has 0 saturated carbocycles. The molecule has 1 N–H and O–H groups in total. The molecule has 104 valence electrons. The molecule has 6 nitrogen and oxygen atoms in total. The first-order valence-corrected chi connectivity index (χ1v) is 6.93. The van der Waals surface area contributed by atoms with E-state index in [0.29, 0.717) is 24.5 Å². The minimum absolute atomic E-state index is 0.0978. The summed E-state index contributed by atoms with van der Waals surface area (Å²) in [7, 11) is 1.68. The highest BCUT2D eigenvalue weighted by molar-refractivity contribution is 7.15. The molecule has 1 fully saturated rings. The zero-order valence-electron chi connectivity index (χ0n) is 11.2. The lowest BCUT2D eigenvalue weighted by Crippen LogP contribution is -2.20. The van der Waals surface area contributed by atoms with Crippen molar-refractivity contribution in [1.29, 1.82) is 0 Å². The number of cyclic esters (lactones) is 1. The average molecular weight is 283 g/mol. The fraction of sp³-hybridized carbons (Fsp3) is 0.583. The van der Waals surface area contributed by atoms with Gasteiger partial charge in [0.05, 0.1) is 12.2 Å². The number of hydrogen-bond acceptors (Lipinski definition) is 5. The van der Waals surface area contributed by atoms with Crippen molar-refractivity contribution in [2.45, 2.75) is 32.8 Å². The van der Waals surface area contributed by atoms with Crippen LogP contribution in [0.4, 0.5) is 9.93 Å². The number of thiazole rings is 1. The number of likely N-dealkylation sites (N-methyl/N-ethyl adjacent to an activating group) is 1. The number of ether oxygens (including phenoxy) is 1. The third kappa shape index (κ3) is 3.44. The number of anilines is 1. The largest absolute Gasteiger partial charge is 0.444 e. The number of amides is 2. The molecule has 1 aliphatic heterocycles. The smallest absolute Gasteiger partial charge is 0.409 e. The Hall–Kier alpha value is -1.63. The summed E-state index contributed by atoms with van der Waals surface area (Å²) in [5.74, 6) is -0.0978. The highest BCUT2D eigenvalue weighted by atomic mass is 32.1. The van der Waals surface area contributed by atoms with Gasteiger partial charge in [0.2, 0.25) is 5.91 Å². The first-order valence-electron chi connectivity index (χ1n) is 6.11. The fourth-order valence-electron chi connectivity index (χ4n) is 1.80. The van der Waals surface area contributed by atoms with Gasteiger partial charge in [-0.2, -0.15) is 0 Å². The summed E-state index contributed by atoms with van der Waals surface area (Å²) in [5.41, 5.74) is 0.937. The number of carbonyl (C=O) groups is 2. The summed E-state index contributed by atoms with van der Waals surface area (Å²) in [6, 6.07) is 0. The molecular formula is C12H17N3O3S. The van der Waals surface area contributed by atoms with Gasteiger partial charge in [-0.1, -0.05) is 0 Å². The zero-order chi connectivity index (χ0) is 14.0. The lowest BCUT2D eigenvalue weighted by Gasteiger charge is -2.07. The van der Waals surface area contributed by atoms with Crippen LogP contribution in [0.15, 0.2) is 0 Å². The van der Waals surface area contributed by atoms with Crippen molar-refractivity contribution in [3.63, 3.8) is 0 Å². The van der Waals surface area contributed by atoms with Crippen molar-refractivity contribution < 1.29 is 14.3 Å². The van der Waals surface area contributed by atoms with Crippen LogP contribution >= 0.6 is 11.3 Å². The molecule has 1 atom stereocenters. The maximum Gasteiger partial charge on any atom is 0.409 e. The molecule has 0 radical (unpaired) electrons. The van der Waals surface area contributed by atoms with Gasteiger partial charge in [-0.25, -0.2) is 9.78 Å². The molecular weight excluding hydrogens is 266 g/mol. The predicted molar refractivity (Wildman–Crippen MR) is 72.4 cm³/mol. The Morgan fingerprint density at radius 2 is 2.32 bits per heavy atom. The molecule has 7 heteroatoms. The maximum atomic E-state index is 11.8. The van der Waals surface area contributed by atoms with Gasteiger partial charge in [0.1, 0.15) is 6.10 Å². The number of aryl methyl sites for hydroxylation is 2. The van der Waals surface area contributed by atoms with E-state index in [1.807, 2.05) is 13.8 Å². The van der Waals surface area contributed by atoms with Gasteiger partial charge in [-0.3, -0.25) is 4.79 Å². The van der Waals surface area contributed by atoms with Crippen LogP contribution in [0.5, 0.6) is 0 Å². The highest BCUT2D eigenvalue weighted by Crippen LogP contribution is 2.21. The maximum absolute atomic E-state index is 11.8. The molecule has 2 rings (SSSR count). The minimum Gasteiger partial charge on any atom is -0.444 e. The molecule has 1 aromatic rings. The van der Waals surface area contributed by atoms with Gasteiger partial charge in [0, 0.05) is 18.3 Å². The average Bonchev–Trinajstić information content (AvgIpc) is 2.81. The number of rotatable bonds is 4. The zero-order valence-corrected chi connectivity index (χ0v) is 12.0. The molecule has 2 heterocycles. The SMILES string of the molecule is Cc1nc(NC(=O)CCC2CN(C)C(=O)O2)sc1C. The summed E-state index contributed by atoms with van der Waals surface area (Å²) in [4.78, 5) is 29.8. The summed E-state index contributed by atoms with van der Waals surface area (Å²) >= 11 is 1.46. The van der Waals surface area contributed by atoms with E-state index in [1.54, 1.807) is 7.05 Å². The minimum atomic E-state index is -0.323. The molecule has 19 heavy (non-hydrogen) atoms. The van der Waals surface area contributed by atoms with E-state index in [4.69, 9.17) is 4.74 Å². The number of nitrogens with zero attached hydrogens (tertiary/aromatic N) is 2. The van der Waals surface area contributed by atoms with E-state index in [9.17, 15) is 9.59 Å². The van der Waals surface area contributed by atoms with Gasteiger partial charge in [0.25, 0.3) is 0 Å². The number of carbonyl (C=O) groups excluding carboxylic acids is 2. The second-order valence-corrected chi connectivity index (χ2v) is 5.84. The quantitative estimate of drug-likeness (QED) is 0.916. The summed E-state index contributed by atoms with van der Waals surface area (Å²) in [6.07, 6.45) is 0.342. The molecule has 0 aromatic carbocycles.